The number of rotatable bonds is 3. The molecule has 5 nitrogen and oxygen atoms in total. The van der Waals surface area contributed by atoms with E-state index in [2.05, 4.69) is 9.59 Å². The fourth-order valence-corrected chi connectivity index (χ4v) is 3.40. The fraction of sp³-hybridized carbons (Fsp3) is 0.111. The number of primary sulfonamides is 1. The van der Waals surface area contributed by atoms with E-state index in [-0.39, 0.29) is 0 Å². The van der Waals surface area contributed by atoms with Crippen molar-refractivity contribution in [3.63, 3.8) is 0 Å². The standard InChI is InChI=1S/C9H9N3O2S2/c10-16(13,14)9(8-6-11-12-15-8)7-4-2-1-3-5-7/h1-6,9H,(H2,10,13,14). The lowest BCUT2D eigenvalue weighted by molar-refractivity contribution is 0.591. The van der Waals surface area contributed by atoms with E-state index in [9.17, 15) is 8.42 Å². The van der Waals surface area contributed by atoms with Gasteiger partial charge in [0, 0.05) is 0 Å². The minimum Gasteiger partial charge on any atom is -0.228 e. The quantitative estimate of drug-likeness (QED) is 0.883. The molecule has 2 rings (SSSR count). The van der Waals surface area contributed by atoms with E-state index in [4.69, 9.17) is 5.14 Å². The summed E-state index contributed by atoms with van der Waals surface area (Å²) >= 11 is 1.03. The van der Waals surface area contributed by atoms with Crippen molar-refractivity contribution in [2.75, 3.05) is 0 Å². The van der Waals surface area contributed by atoms with Gasteiger partial charge in [-0.1, -0.05) is 34.8 Å². The first kappa shape index (κ1) is 11.2. The van der Waals surface area contributed by atoms with E-state index >= 15 is 0 Å². The van der Waals surface area contributed by atoms with Crippen LogP contribution in [0.3, 0.4) is 0 Å². The molecule has 7 heteroatoms. The second kappa shape index (κ2) is 4.28. The molecule has 0 aliphatic carbocycles. The van der Waals surface area contributed by atoms with Crippen LogP contribution < -0.4 is 5.14 Å². The van der Waals surface area contributed by atoms with Gasteiger partial charge in [0.2, 0.25) is 10.0 Å². The van der Waals surface area contributed by atoms with Crippen molar-refractivity contribution >= 4 is 21.6 Å². The van der Waals surface area contributed by atoms with Crippen LogP contribution in [0.2, 0.25) is 0 Å². The third kappa shape index (κ3) is 2.26. The Balaban J connectivity index is 2.54. The maximum Gasteiger partial charge on any atom is 0.221 e. The number of sulfonamides is 1. The second-order valence-corrected chi connectivity index (χ2v) is 5.67. The van der Waals surface area contributed by atoms with Crippen molar-refractivity contribution in [1.29, 1.82) is 0 Å². The molecule has 0 spiro atoms. The highest BCUT2D eigenvalue weighted by Crippen LogP contribution is 2.29. The van der Waals surface area contributed by atoms with E-state index in [1.54, 1.807) is 24.3 Å². The minimum atomic E-state index is -3.71. The van der Waals surface area contributed by atoms with Gasteiger partial charge in [0.05, 0.1) is 11.1 Å². The summed E-state index contributed by atoms with van der Waals surface area (Å²) in [6.07, 6.45) is 1.42. The smallest absolute Gasteiger partial charge is 0.221 e. The molecular formula is C9H9N3O2S2. The Morgan fingerprint density at radius 1 is 1.25 bits per heavy atom. The van der Waals surface area contributed by atoms with Gasteiger partial charge in [-0.3, -0.25) is 0 Å². The van der Waals surface area contributed by atoms with Gasteiger partial charge in [-0.15, -0.1) is 5.10 Å². The van der Waals surface area contributed by atoms with E-state index < -0.39 is 15.3 Å². The van der Waals surface area contributed by atoms with Crippen molar-refractivity contribution in [3.05, 3.63) is 47.0 Å². The first-order valence-corrected chi connectivity index (χ1v) is 6.81. The van der Waals surface area contributed by atoms with Crippen molar-refractivity contribution in [1.82, 2.24) is 9.59 Å². The Morgan fingerprint density at radius 3 is 2.44 bits per heavy atom. The molecule has 0 bridgehead atoms. The molecule has 2 N–H and O–H groups in total. The summed E-state index contributed by atoms with van der Waals surface area (Å²) in [6, 6.07) is 8.78. The Labute approximate surface area is 97.1 Å². The lowest BCUT2D eigenvalue weighted by Gasteiger charge is -2.11. The average Bonchev–Trinajstić information content (AvgIpc) is 2.71. The predicted octanol–water partition coefficient (Wildman–Crippen LogP) is 0.916. The highest BCUT2D eigenvalue weighted by atomic mass is 32.2. The number of nitrogens with zero attached hydrogens (tertiary/aromatic N) is 2. The van der Waals surface area contributed by atoms with Crippen molar-refractivity contribution < 1.29 is 8.42 Å². The van der Waals surface area contributed by atoms with Gasteiger partial charge in [-0.2, -0.15) is 0 Å². The lowest BCUT2D eigenvalue weighted by Crippen LogP contribution is -2.21. The summed E-state index contributed by atoms with van der Waals surface area (Å²) in [6.45, 7) is 0. The Bertz CT molecular complexity index is 552. The number of benzene rings is 1. The minimum absolute atomic E-state index is 0.522. The third-order valence-corrected chi connectivity index (χ3v) is 4.13. The van der Waals surface area contributed by atoms with Gasteiger partial charge in [0.25, 0.3) is 0 Å². The molecule has 1 unspecified atom stereocenters. The summed E-state index contributed by atoms with van der Waals surface area (Å²) in [5.41, 5.74) is 0.621. The van der Waals surface area contributed by atoms with Crippen LogP contribution in [0.5, 0.6) is 0 Å². The fourth-order valence-electron chi connectivity index (χ4n) is 1.43. The third-order valence-electron chi connectivity index (χ3n) is 2.07. The molecule has 1 heterocycles. The van der Waals surface area contributed by atoms with Gasteiger partial charge in [0.1, 0.15) is 5.25 Å². The van der Waals surface area contributed by atoms with Crippen molar-refractivity contribution in [2.24, 2.45) is 5.14 Å². The number of hydrogen-bond acceptors (Lipinski definition) is 5. The average molecular weight is 255 g/mol. The van der Waals surface area contributed by atoms with E-state index in [0.29, 0.717) is 10.4 Å². The summed E-state index contributed by atoms with van der Waals surface area (Å²) in [7, 11) is -3.71. The van der Waals surface area contributed by atoms with Crippen LogP contribution in [-0.4, -0.2) is 18.0 Å². The van der Waals surface area contributed by atoms with Crippen molar-refractivity contribution in [3.8, 4) is 0 Å². The largest absolute Gasteiger partial charge is 0.228 e. The predicted molar refractivity (Wildman–Crippen MR) is 61.3 cm³/mol. The van der Waals surface area contributed by atoms with Gasteiger partial charge < -0.3 is 0 Å². The van der Waals surface area contributed by atoms with Gasteiger partial charge in [-0.05, 0) is 17.1 Å². The summed E-state index contributed by atoms with van der Waals surface area (Å²) in [5, 5.41) is 7.98. The van der Waals surface area contributed by atoms with Crippen LogP contribution in [-0.2, 0) is 10.0 Å². The molecule has 84 valence electrons. The number of hydrogen-bond donors (Lipinski definition) is 1. The summed E-state index contributed by atoms with van der Waals surface area (Å²) in [4.78, 5) is 0.522. The van der Waals surface area contributed by atoms with Crippen LogP contribution in [0.1, 0.15) is 15.7 Å². The molecule has 0 saturated carbocycles. The Kier molecular flexibility index (Phi) is 2.99. The molecule has 1 atom stereocenters. The molecule has 1 aromatic carbocycles. The van der Waals surface area contributed by atoms with E-state index in [1.165, 1.54) is 6.20 Å². The van der Waals surface area contributed by atoms with Crippen LogP contribution in [0, 0.1) is 0 Å². The zero-order chi connectivity index (χ0) is 11.6. The molecule has 0 fully saturated rings. The van der Waals surface area contributed by atoms with Gasteiger partial charge >= 0.3 is 0 Å². The van der Waals surface area contributed by atoms with Gasteiger partial charge in [-0.25, -0.2) is 13.6 Å². The van der Waals surface area contributed by atoms with E-state index in [0.717, 1.165) is 11.5 Å². The zero-order valence-electron chi connectivity index (χ0n) is 8.15. The first-order valence-electron chi connectivity index (χ1n) is 4.43. The van der Waals surface area contributed by atoms with Crippen LogP contribution in [0.15, 0.2) is 36.5 Å². The van der Waals surface area contributed by atoms with Crippen LogP contribution in [0.25, 0.3) is 0 Å². The Hall–Kier alpha value is -1.31. The molecule has 2 aromatic rings. The molecule has 0 radical (unpaired) electrons. The summed E-state index contributed by atoms with van der Waals surface area (Å²) in [5.74, 6) is 0. The molecule has 0 aliphatic rings. The Morgan fingerprint density at radius 2 is 1.94 bits per heavy atom. The topological polar surface area (TPSA) is 85.9 Å². The molecular weight excluding hydrogens is 246 g/mol. The SMILES string of the molecule is NS(=O)(=O)C(c1ccccc1)c1cnns1. The molecule has 0 saturated heterocycles. The highest BCUT2D eigenvalue weighted by molar-refractivity contribution is 7.89. The number of aromatic nitrogens is 2. The van der Waals surface area contributed by atoms with Crippen LogP contribution in [0.4, 0.5) is 0 Å². The van der Waals surface area contributed by atoms with Crippen LogP contribution >= 0.6 is 11.5 Å². The maximum atomic E-state index is 11.6. The molecule has 0 amide bonds. The normalized spacial score (nSPS) is 13.6. The van der Waals surface area contributed by atoms with E-state index in [1.807, 2.05) is 6.07 Å². The summed E-state index contributed by atoms with van der Waals surface area (Å²) < 4.78 is 26.8. The molecule has 0 aliphatic heterocycles. The molecule has 16 heavy (non-hydrogen) atoms. The van der Waals surface area contributed by atoms with Crippen molar-refractivity contribution in [2.45, 2.75) is 5.25 Å². The first-order chi connectivity index (χ1) is 7.59. The second-order valence-electron chi connectivity index (χ2n) is 3.20. The highest BCUT2D eigenvalue weighted by Gasteiger charge is 2.27. The molecule has 1 aromatic heterocycles. The monoisotopic (exact) mass is 255 g/mol. The lowest BCUT2D eigenvalue weighted by atomic mass is 10.1. The maximum absolute atomic E-state index is 11.6. The zero-order valence-corrected chi connectivity index (χ0v) is 9.78. The number of nitrogens with two attached hydrogens (primary N) is 1. The van der Waals surface area contributed by atoms with Gasteiger partial charge in [0.15, 0.2) is 0 Å².